The topological polar surface area (TPSA) is 24.5 Å². The van der Waals surface area contributed by atoms with E-state index >= 15 is 0 Å². The Balaban J connectivity index is 2.05. The lowest BCUT2D eigenvalue weighted by Gasteiger charge is -2.37. The predicted molar refractivity (Wildman–Crippen MR) is 86.6 cm³/mol. The van der Waals surface area contributed by atoms with Crippen LogP contribution in [0.1, 0.15) is 42.5 Å². The van der Waals surface area contributed by atoms with E-state index in [0.717, 1.165) is 32.7 Å². The maximum atomic E-state index is 6.08. The Bertz CT molecular complexity index is 392. The van der Waals surface area contributed by atoms with Gasteiger partial charge >= 0.3 is 0 Å². The molecule has 0 saturated carbocycles. The van der Waals surface area contributed by atoms with E-state index in [0.29, 0.717) is 6.04 Å². The molecule has 114 valence electrons. The van der Waals surface area contributed by atoms with Crippen molar-refractivity contribution < 1.29 is 4.74 Å². The maximum absolute atomic E-state index is 6.08. The van der Waals surface area contributed by atoms with Crippen molar-refractivity contribution >= 4 is 11.3 Å². The first kappa shape index (κ1) is 16.0. The predicted octanol–water partition coefficient (Wildman–Crippen LogP) is 3.21. The van der Waals surface area contributed by atoms with Crippen LogP contribution in [0.15, 0.2) is 12.1 Å². The molecule has 0 aliphatic carbocycles. The van der Waals surface area contributed by atoms with Crippen molar-refractivity contribution in [1.29, 1.82) is 0 Å². The van der Waals surface area contributed by atoms with Gasteiger partial charge in [0.25, 0.3) is 0 Å². The van der Waals surface area contributed by atoms with E-state index < -0.39 is 0 Å². The molecule has 2 atom stereocenters. The minimum Gasteiger partial charge on any atom is -0.374 e. The lowest BCUT2D eigenvalue weighted by Crippen LogP contribution is -2.48. The summed E-state index contributed by atoms with van der Waals surface area (Å²) in [7, 11) is 0. The second kappa shape index (κ2) is 8.13. The highest BCUT2D eigenvalue weighted by Crippen LogP contribution is 2.28. The summed E-state index contributed by atoms with van der Waals surface area (Å²) in [5.74, 6) is 0. The lowest BCUT2D eigenvalue weighted by molar-refractivity contribution is -0.0464. The van der Waals surface area contributed by atoms with Gasteiger partial charge in [-0.05, 0) is 45.0 Å². The normalized spacial score (nSPS) is 22.1. The molecule has 4 heteroatoms. The molecule has 2 unspecified atom stereocenters. The second-order valence-corrected chi connectivity index (χ2v) is 6.91. The molecule has 0 aromatic carbocycles. The van der Waals surface area contributed by atoms with Gasteiger partial charge in [0.05, 0.1) is 18.8 Å². The van der Waals surface area contributed by atoms with Gasteiger partial charge in [0.2, 0.25) is 0 Å². The van der Waals surface area contributed by atoms with Crippen molar-refractivity contribution in [2.24, 2.45) is 0 Å². The molecule has 2 rings (SSSR count). The van der Waals surface area contributed by atoms with E-state index in [2.05, 4.69) is 43.1 Å². The molecule has 1 saturated heterocycles. The first-order valence-electron chi connectivity index (χ1n) is 7.88. The number of ether oxygens (including phenoxy) is 1. The molecule has 0 bridgehead atoms. The Morgan fingerprint density at radius 2 is 2.25 bits per heavy atom. The van der Waals surface area contributed by atoms with Crippen LogP contribution in [0.3, 0.4) is 0 Å². The first-order valence-corrected chi connectivity index (χ1v) is 8.70. The molecule has 1 aromatic heterocycles. The fraction of sp³-hybridized carbons (Fsp3) is 0.750. The zero-order chi connectivity index (χ0) is 14.4. The van der Waals surface area contributed by atoms with Crippen LogP contribution in [0.25, 0.3) is 0 Å². The van der Waals surface area contributed by atoms with E-state index in [1.807, 2.05) is 11.3 Å². The van der Waals surface area contributed by atoms with Crippen LogP contribution >= 0.6 is 11.3 Å². The van der Waals surface area contributed by atoms with Crippen molar-refractivity contribution in [3.63, 3.8) is 0 Å². The lowest BCUT2D eigenvalue weighted by atomic mass is 10.1. The number of thiophene rings is 1. The Hall–Kier alpha value is -0.420. The van der Waals surface area contributed by atoms with Gasteiger partial charge in [0.15, 0.2) is 0 Å². The monoisotopic (exact) mass is 296 g/mol. The van der Waals surface area contributed by atoms with Crippen LogP contribution in [0.5, 0.6) is 0 Å². The first-order chi connectivity index (χ1) is 9.74. The molecular weight excluding hydrogens is 268 g/mol. The summed E-state index contributed by atoms with van der Waals surface area (Å²) in [5, 5.41) is 3.69. The third-order valence-electron chi connectivity index (χ3n) is 3.77. The Morgan fingerprint density at radius 3 is 2.90 bits per heavy atom. The molecule has 0 radical (unpaired) electrons. The fourth-order valence-corrected chi connectivity index (χ4v) is 3.79. The van der Waals surface area contributed by atoms with E-state index in [-0.39, 0.29) is 6.10 Å². The molecule has 3 nitrogen and oxygen atoms in total. The van der Waals surface area contributed by atoms with Gasteiger partial charge in [-0.2, -0.15) is 0 Å². The average molecular weight is 296 g/mol. The number of rotatable bonds is 7. The molecule has 2 heterocycles. The number of nitrogens with zero attached hydrogens (tertiary/aromatic N) is 1. The summed E-state index contributed by atoms with van der Waals surface area (Å²) in [6, 6.07) is 4.82. The van der Waals surface area contributed by atoms with Crippen LogP contribution in [0, 0.1) is 6.92 Å². The van der Waals surface area contributed by atoms with Crippen LogP contribution < -0.4 is 5.32 Å². The van der Waals surface area contributed by atoms with Crippen LogP contribution in [-0.4, -0.2) is 43.8 Å². The van der Waals surface area contributed by atoms with Crippen LogP contribution in [-0.2, 0) is 4.74 Å². The van der Waals surface area contributed by atoms with E-state index in [1.54, 1.807) is 0 Å². The Kier molecular flexibility index (Phi) is 6.49. The van der Waals surface area contributed by atoms with Gasteiger partial charge in [-0.25, -0.2) is 0 Å². The molecule has 1 aliphatic heterocycles. The zero-order valence-corrected chi connectivity index (χ0v) is 13.8. The third kappa shape index (κ3) is 4.29. The van der Waals surface area contributed by atoms with Crippen molar-refractivity contribution in [3.8, 4) is 0 Å². The van der Waals surface area contributed by atoms with Crippen molar-refractivity contribution in [2.45, 2.75) is 45.8 Å². The number of hydrogen-bond donors (Lipinski definition) is 1. The minimum absolute atomic E-state index is 0.278. The third-order valence-corrected chi connectivity index (χ3v) is 4.85. The molecule has 1 aliphatic rings. The molecule has 0 spiro atoms. The smallest absolute Gasteiger partial charge is 0.0904 e. The Labute approximate surface area is 127 Å². The Morgan fingerprint density at radius 1 is 1.40 bits per heavy atom. The standard InChI is InChI=1S/C16H28N2OS/c1-4-8-17-16(15-7-6-13(3)20-15)14-12-18(9-5-2)10-11-19-14/h6-7,14,16-17H,4-5,8-12H2,1-3H3. The van der Waals surface area contributed by atoms with Gasteiger partial charge in [0.1, 0.15) is 0 Å². The quantitative estimate of drug-likeness (QED) is 0.836. The number of morpholine rings is 1. The molecule has 1 aromatic rings. The minimum atomic E-state index is 0.278. The van der Waals surface area contributed by atoms with Gasteiger partial charge in [0, 0.05) is 22.8 Å². The average Bonchev–Trinajstić information content (AvgIpc) is 2.87. The summed E-state index contributed by atoms with van der Waals surface area (Å²) in [5.41, 5.74) is 0. The number of nitrogens with one attached hydrogen (secondary N) is 1. The van der Waals surface area contributed by atoms with Crippen molar-refractivity contribution in [1.82, 2.24) is 10.2 Å². The fourth-order valence-electron chi connectivity index (χ4n) is 2.79. The summed E-state index contributed by atoms with van der Waals surface area (Å²) in [6.07, 6.45) is 2.66. The van der Waals surface area contributed by atoms with Gasteiger partial charge in [-0.15, -0.1) is 11.3 Å². The van der Waals surface area contributed by atoms with Gasteiger partial charge in [-0.1, -0.05) is 13.8 Å². The summed E-state index contributed by atoms with van der Waals surface area (Å²) >= 11 is 1.89. The largest absolute Gasteiger partial charge is 0.374 e. The van der Waals surface area contributed by atoms with E-state index in [9.17, 15) is 0 Å². The van der Waals surface area contributed by atoms with Crippen molar-refractivity contribution in [2.75, 3.05) is 32.8 Å². The maximum Gasteiger partial charge on any atom is 0.0904 e. The second-order valence-electron chi connectivity index (χ2n) is 5.59. The molecule has 1 fully saturated rings. The molecule has 0 amide bonds. The van der Waals surface area contributed by atoms with Crippen LogP contribution in [0.4, 0.5) is 0 Å². The summed E-state index contributed by atoms with van der Waals surface area (Å²) < 4.78 is 6.08. The molecular formula is C16H28N2OS. The van der Waals surface area contributed by atoms with Crippen LogP contribution in [0.2, 0.25) is 0 Å². The van der Waals surface area contributed by atoms with E-state index in [1.165, 1.54) is 22.7 Å². The number of aryl methyl sites for hydroxylation is 1. The van der Waals surface area contributed by atoms with Crippen molar-refractivity contribution in [3.05, 3.63) is 21.9 Å². The van der Waals surface area contributed by atoms with Gasteiger partial charge < -0.3 is 10.1 Å². The summed E-state index contributed by atoms with van der Waals surface area (Å²) in [4.78, 5) is 5.33. The molecule has 1 N–H and O–H groups in total. The number of hydrogen-bond acceptors (Lipinski definition) is 4. The summed E-state index contributed by atoms with van der Waals surface area (Å²) in [6.45, 7) is 11.9. The molecule has 20 heavy (non-hydrogen) atoms. The van der Waals surface area contributed by atoms with E-state index in [4.69, 9.17) is 4.74 Å². The van der Waals surface area contributed by atoms with Gasteiger partial charge in [-0.3, -0.25) is 4.90 Å². The highest BCUT2D eigenvalue weighted by Gasteiger charge is 2.29. The zero-order valence-electron chi connectivity index (χ0n) is 13.0. The SMILES string of the molecule is CCCNC(c1ccc(C)s1)C1CN(CCC)CCO1. The highest BCUT2D eigenvalue weighted by atomic mass is 32.1. The highest BCUT2D eigenvalue weighted by molar-refractivity contribution is 7.12.